The molecule has 0 saturated heterocycles. The molecule has 0 aliphatic heterocycles. The van der Waals surface area contributed by atoms with Crippen LogP contribution in [0.2, 0.25) is 0 Å². The van der Waals surface area contributed by atoms with E-state index in [9.17, 15) is 16.8 Å². The first-order valence-electron chi connectivity index (χ1n) is 8.59. The van der Waals surface area contributed by atoms with Gasteiger partial charge in [-0.2, -0.15) is 0 Å². The van der Waals surface area contributed by atoms with Crippen molar-refractivity contribution in [1.29, 1.82) is 0 Å². The van der Waals surface area contributed by atoms with Gasteiger partial charge in [0.2, 0.25) is 5.95 Å². The Bertz CT molecular complexity index is 1260. The van der Waals surface area contributed by atoms with E-state index in [1.54, 1.807) is 32.0 Å². The average molecular weight is 433 g/mol. The molecule has 3 rings (SSSR count). The summed E-state index contributed by atoms with van der Waals surface area (Å²) in [6, 6.07) is 12.2. The molecule has 0 saturated carbocycles. The highest BCUT2D eigenvalue weighted by atomic mass is 32.2. The molecule has 152 valence electrons. The SMILES string of the molecule is Cc1ccc(C)c(S(=O)(=O)Nc2ccc(S(=O)(=O)Nc3nccc(C)n3)cc2)c1. The van der Waals surface area contributed by atoms with Crippen LogP contribution in [0.4, 0.5) is 11.6 Å². The molecular weight excluding hydrogens is 412 g/mol. The summed E-state index contributed by atoms with van der Waals surface area (Å²) in [6.07, 6.45) is 1.45. The van der Waals surface area contributed by atoms with Crippen LogP contribution in [0.1, 0.15) is 16.8 Å². The summed E-state index contributed by atoms with van der Waals surface area (Å²) in [7, 11) is -7.71. The van der Waals surface area contributed by atoms with Crippen molar-refractivity contribution >= 4 is 31.7 Å². The van der Waals surface area contributed by atoms with Gasteiger partial charge in [0.25, 0.3) is 20.0 Å². The highest BCUT2D eigenvalue weighted by Crippen LogP contribution is 2.22. The van der Waals surface area contributed by atoms with Crippen LogP contribution in [-0.2, 0) is 20.0 Å². The largest absolute Gasteiger partial charge is 0.280 e. The van der Waals surface area contributed by atoms with E-state index in [-0.39, 0.29) is 21.4 Å². The van der Waals surface area contributed by atoms with Crippen LogP contribution < -0.4 is 9.44 Å². The molecule has 1 aromatic heterocycles. The van der Waals surface area contributed by atoms with Crippen molar-refractivity contribution in [2.75, 3.05) is 9.44 Å². The van der Waals surface area contributed by atoms with Gasteiger partial charge in [-0.25, -0.2) is 31.5 Å². The predicted octanol–water partition coefficient (Wildman–Crippen LogP) is 3.00. The molecule has 0 radical (unpaired) electrons. The highest BCUT2D eigenvalue weighted by Gasteiger charge is 2.19. The molecule has 0 atom stereocenters. The number of benzene rings is 2. The Kier molecular flexibility index (Phi) is 5.58. The molecule has 2 aromatic carbocycles. The molecule has 0 bridgehead atoms. The number of nitrogens with zero attached hydrogens (tertiary/aromatic N) is 2. The third kappa shape index (κ3) is 4.90. The summed E-state index contributed by atoms with van der Waals surface area (Å²) in [6.45, 7) is 5.24. The number of anilines is 2. The predicted molar refractivity (Wildman–Crippen MR) is 111 cm³/mol. The van der Waals surface area contributed by atoms with E-state index in [0.717, 1.165) is 5.56 Å². The molecule has 29 heavy (non-hydrogen) atoms. The average Bonchev–Trinajstić information content (AvgIpc) is 2.63. The number of hydrogen-bond donors (Lipinski definition) is 2. The maximum absolute atomic E-state index is 12.7. The monoisotopic (exact) mass is 432 g/mol. The van der Waals surface area contributed by atoms with Crippen LogP contribution in [-0.4, -0.2) is 26.8 Å². The summed E-state index contributed by atoms with van der Waals surface area (Å²) in [5.41, 5.74) is 2.30. The molecule has 0 spiro atoms. The Labute approximate surface area is 170 Å². The lowest BCUT2D eigenvalue weighted by Gasteiger charge is -2.12. The van der Waals surface area contributed by atoms with Crippen molar-refractivity contribution in [3.05, 3.63) is 71.5 Å². The molecule has 3 aromatic rings. The third-order valence-corrected chi connectivity index (χ3v) is 6.94. The number of aromatic nitrogens is 2. The first kappa shape index (κ1) is 20.7. The molecule has 2 N–H and O–H groups in total. The summed E-state index contributed by atoms with van der Waals surface area (Å²) >= 11 is 0. The Morgan fingerprint density at radius 2 is 1.48 bits per heavy atom. The second-order valence-corrected chi connectivity index (χ2v) is 9.86. The van der Waals surface area contributed by atoms with Crippen LogP contribution in [0.15, 0.2) is 64.5 Å². The highest BCUT2D eigenvalue weighted by molar-refractivity contribution is 7.93. The van der Waals surface area contributed by atoms with E-state index in [2.05, 4.69) is 19.4 Å². The number of sulfonamides is 2. The zero-order valence-corrected chi connectivity index (χ0v) is 17.7. The van der Waals surface area contributed by atoms with Gasteiger partial charge in [-0.3, -0.25) is 4.72 Å². The van der Waals surface area contributed by atoms with Gasteiger partial charge < -0.3 is 0 Å². The van der Waals surface area contributed by atoms with Crippen molar-refractivity contribution < 1.29 is 16.8 Å². The van der Waals surface area contributed by atoms with Gasteiger partial charge in [0.15, 0.2) is 0 Å². The van der Waals surface area contributed by atoms with E-state index >= 15 is 0 Å². The Morgan fingerprint density at radius 1 is 0.793 bits per heavy atom. The number of nitrogens with one attached hydrogen (secondary N) is 2. The zero-order valence-electron chi connectivity index (χ0n) is 16.0. The maximum atomic E-state index is 12.7. The molecular formula is C19H20N4O4S2. The lowest BCUT2D eigenvalue weighted by molar-refractivity contribution is 0.599. The van der Waals surface area contributed by atoms with Crippen molar-refractivity contribution in [1.82, 2.24) is 9.97 Å². The maximum Gasteiger partial charge on any atom is 0.264 e. The lowest BCUT2D eigenvalue weighted by atomic mass is 10.2. The van der Waals surface area contributed by atoms with Crippen molar-refractivity contribution in [3.63, 3.8) is 0 Å². The summed E-state index contributed by atoms with van der Waals surface area (Å²) in [5.74, 6) is -0.0373. The van der Waals surface area contributed by atoms with Crippen LogP contribution in [0.25, 0.3) is 0 Å². The minimum Gasteiger partial charge on any atom is -0.280 e. The van der Waals surface area contributed by atoms with Gasteiger partial charge >= 0.3 is 0 Å². The summed E-state index contributed by atoms with van der Waals surface area (Å²) in [5, 5.41) is 0. The normalized spacial score (nSPS) is 11.8. The van der Waals surface area contributed by atoms with Gasteiger partial charge in [0.05, 0.1) is 9.79 Å². The first-order valence-corrected chi connectivity index (χ1v) is 11.6. The quantitative estimate of drug-likeness (QED) is 0.618. The van der Waals surface area contributed by atoms with Crippen LogP contribution in [0.3, 0.4) is 0 Å². The van der Waals surface area contributed by atoms with Gasteiger partial charge in [0.1, 0.15) is 0 Å². The Balaban J connectivity index is 1.82. The lowest BCUT2D eigenvalue weighted by Crippen LogP contribution is -2.16. The molecule has 0 amide bonds. The van der Waals surface area contributed by atoms with E-state index < -0.39 is 20.0 Å². The van der Waals surface area contributed by atoms with Crippen molar-refractivity contribution in [2.24, 2.45) is 0 Å². The van der Waals surface area contributed by atoms with Crippen LogP contribution in [0.5, 0.6) is 0 Å². The van der Waals surface area contributed by atoms with Gasteiger partial charge in [-0.15, -0.1) is 0 Å². The van der Waals surface area contributed by atoms with Crippen LogP contribution in [0, 0.1) is 20.8 Å². The van der Waals surface area contributed by atoms with Crippen LogP contribution >= 0.6 is 0 Å². The van der Waals surface area contributed by atoms with E-state index in [0.29, 0.717) is 11.3 Å². The molecule has 10 heteroatoms. The minimum absolute atomic E-state index is 0.0373. The van der Waals surface area contributed by atoms with Gasteiger partial charge in [-0.1, -0.05) is 12.1 Å². The fourth-order valence-corrected chi connectivity index (χ4v) is 4.93. The number of aryl methyl sites for hydroxylation is 3. The molecule has 0 fully saturated rings. The number of rotatable bonds is 6. The van der Waals surface area contributed by atoms with E-state index in [1.807, 2.05) is 13.0 Å². The fraction of sp³-hybridized carbons (Fsp3) is 0.158. The number of hydrogen-bond acceptors (Lipinski definition) is 6. The second kappa shape index (κ2) is 7.80. The Morgan fingerprint density at radius 3 is 2.14 bits per heavy atom. The standard InChI is InChI=1S/C19H20N4O4S2/c1-13-4-5-14(2)18(12-13)29(26,27)22-16-6-8-17(9-7-16)28(24,25)23-19-20-11-10-15(3)21-19/h4-12,22H,1-3H3,(H,20,21,23). The van der Waals surface area contributed by atoms with Crippen molar-refractivity contribution in [3.8, 4) is 0 Å². The summed E-state index contributed by atoms with van der Waals surface area (Å²) < 4.78 is 55.1. The zero-order chi connectivity index (χ0) is 21.2. The van der Waals surface area contributed by atoms with E-state index in [4.69, 9.17) is 0 Å². The van der Waals surface area contributed by atoms with E-state index in [1.165, 1.54) is 30.5 Å². The Hall–Kier alpha value is -2.98. The fourth-order valence-electron chi connectivity index (χ4n) is 2.59. The van der Waals surface area contributed by atoms with Crippen molar-refractivity contribution in [2.45, 2.75) is 30.6 Å². The summed E-state index contributed by atoms with van der Waals surface area (Å²) in [4.78, 5) is 8.01. The topological polar surface area (TPSA) is 118 Å². The van der Waals surface area contributed by atoms with Gasteiger partial charge in [-0.05, 0) is 68.3 Å². The molecule has 0 unspecified atom stereocenters. The molecule has 1 heterocycles. The minimum atomic E-state index is -3.91. The molecule has 0 aliphatic rings. The van der Waals surface area contributed by atoms with Gasteiger partial charge in [0, 0.05) is 17.6 Å². The smallest absolute Gasteiger partial charge is 0.264 e. The third-order valence-electron chi connectivity index (χ3n) is 4.07. The second-order valence-electron chi connectivity index (χ2n) is 6.53. The first-order chi connectivity index (χ1) is 13.6. The molecule has 8 nitrogen and oxygen atoms in total. The molecule has 0 aliphatic carbocycles.